The molecule has 0 aromatic heterocycles. The molecular weight excluding hydrogens is 261 g/mol. The van der Waals surface area contributed by atoms with E-state index in [2.05, 4.69) is 0 Å². The Balaban J connectivity index is 2.48. The monoisotopic (exact) mass is 279 g/mol. The lowest BCUT2D eigenvalue weighted by Crippen LogP contribution is -2.36. The van der Waals surface area contributed by atoms with Crippen LogP contribution in [0.3, 0.4) is 0 Å². The van der Waals surface area contributed by atoms with E-state index in [1.807, 2.05) is 13.8 Å². The number of rotatable bonds is 3. The molecule has 0 radical (unpaired) electrons. The van der Waals surface area contributed by atoms with Crippen LogP contribution in [0, 0.1) is 18.7 Å². The number of halogens is 1. The maximum atomic E-state index is 13.4. The topological polar surface area (TPSA) is 57.6 Å². The second kappa shape index (κ2) is 5.23. The number of aliphatic carboxylic acids is 1. The van der Waals surface area contributed by atoms with Gasteiger partial charge in [-0.15, -0.1) is 0 Å². The lowest BCUT2D eigenvalue weighted by molar-refractivity contribution is -0.142. The normalized spacial score (nSPS) is 22.6. The molecule has 4 nitrogen and oxygen atoms in total. The van der Waals surface area contributed by atoms with Gasteiger partial charge in [0.15, 0.2) is 0 Å². The minimum atomic E-state index is -0.992. The lowest BCUT2D eigenvalue weighted by atomic mass is 9.92. The maximum absolute atomic E-state index is 13.4. The smallest absolute Gasteiger partial charge is 0.309 e. The van der Waals surface area contributed by atoms with Crippen molar-refractivity contribution in [1.29, 1.82) is 0 Å². The van der Waals surface area contributed by atoms with Gasteiger partial charge < -0.3 is 10.0 Å². The third-order valence-corrected chi connectivity index (χ3v) is 3.76. The number of amides is 1. The molecule has 5 heteroatoms. The summed E-state index contributed by atoms with van der Waals surface area (Å²) >= 11 is 0. The lowest BCUT2D eigenvalue weighted by Gasteiger charge is -2.31. The van der Waals surface area contributed by atoms with Crippen LogP contribution in [0.1, 0.15) is 37.4 Å². The highest BCUT2D eigenvalue weighted by Gasteiger charge is 2.45. The first-order chi connectivity index (χ1) is 9.32. The van der Waals surface area contributed by atoms with Crippen LogP contribution in [-0.2, 0) is 9.59 Å². The standard InChI is InChI=1S/C15H18FNO3/c1-8(2)17-13(18)7-11(15(19)20)14(17)10-4-5-12(16)9(3)6-10/h4-6,8,11,14H,7H2,1-3H3,(H,19,20). The molecule has 0 saturated carbocycles. The summed E-state index contributed by atoms with van der Waals surface area (Å²) in [5.41, 5.74) is 1.13. The average molecular weight is 279 g/mol. The fourth-order valence-corrected chi connectivity index (χ4v) is 2.83. The Labute approximate surface area is 117 Å². The summed E-state index contributed by atoms with van der Waals surface area (Å²) in [5.74, 6) is -2.27. The van der Waals surface area contributed by atoms with Crippen molar-refractivity contribution in [3.05, 3.63) is 35.1 Å². The first-order valence-electron chi connectivity index (χ1n) is 6.63. The zero-order valence-electron chi connectivity index (χ0n) is 11.8. The molecule has 1 aromatic rings. The number of hydrogen-bond acceptors (Lipinski definition) is 2. The van der Waals surface area contributed by atoms with Crippen LogP contribution in [0.5, 0.6) is 0 Å². The summed E-state index contributed by atoms with van der Waals surface area (Å²) in [6.45, 7) is 5.34. The molecule has 2 rings (SSSR count). The molecule has 108 valence electrons. The third kappa shape index (κ3) is 2.40. The van der Waals surface area contributed by atoms with Crippen LogP contribution < -0.4 is 0 Å². The molecule has 0 spiro atoms. The van der Waals surface area contributed by atoms with E-state index in [0.717, 1.165) is 0 Å². The minimum Gasteiger partial charge on any atom is -0.481 e. The van der Waals surface area contributed by atoms with Crippen molar-refractivity contribution in [2.45, 2.75) is 39.3 Å². The summed E-state index contributed by atoms with van der Waals surface area (Å²) < 4.78 is 13.4. The van der Waals surface area contributed by atoms with E-state index in [9.17, 15) is 19.1 Å². The number of nitrogens with zero attached hydrogens (tertiary/aromatic N) is 1. The van der Waals surface area contributed by atoms with E-state index < -0.39 is 17.9 Å². The summed E-state index contributed by atoms with van der Waals surface area (Å²) in [4.78, 5) is 25.0. The summed E-state index contributed by atoms with van der Waals surface area (Å²) in [7, 11) is 0. The molecule has 2 unspecified atom stereocenters. The zero-order valence-corrected chi connectivity index (χ0v) is 11.8. The average Bonchev–Trinajstić information content (AvgIpc) is 2.70. The molecule has 1 aromatic carbocycles. The van der Waals surface area contributed by atoms with Crippen LogP contribution in [0.4, 0.5) is 4.39 Å². The third-order valence-electron chi connectivity index (χ3n) is 3.76. The van der Waals surface area contributed by atoms with Crippen molar-refractivity contribution in [1.82, 2.24) is 4.90 Å². The molecule has 1 aliphatic rings. The molecule has 0 bridgehead atoms. The predicted octanol–water partition coefficient (Wildman–Crippen LogP) is 2.52. The van der Waals surface area contributed by atoms with E-state index in [-0.39, 0.29) is 24.2 Å². The van der Waals surface area contributed by atoms with Crippen molar-refractivity contribution in [2.24, 2.45) is 5.92 Å². The van der Waals surface area contributed by atoms with Gasteiger partial charge in [0.1, 0.15) is 5.82 Å². The minimum absolute atomic E-state index is 0.00535. The van der Waals surface area contributed by atoms with Gasteiger partial charge in [0.05, 0.1) is 12.0 Å². The maximum Gasteiger partial charge on any atom is 0.309 e. The van der Waals surface area contributed by atoms with Gasteiger partial charge in [-0.25, -0.2) is 4.39 Å². The summed E-state index contributed by atoms with van der Waals surface area (Å²) in [5, 5.41) is 9.33. The summed E-state index contributed by atoms with van der Waals surface area (Å²) in [6.07, 6.45) is -0.00535. The van der Waals surface area contributed by atoms with Crippen LogP contribution >= 0.6 is 0 Å². The molecular formula is C15H18FNO3. The van der Waals surface area contributed by atoms with Gasteiger partial charge >= 0.3 is 5.97 Å². The number of likely N-dealkylation sites (tertiary alicyclic amines) is 1. The summed E-state index contributed by atoms with van der Waals surface area (Å²) in [6, 6.07) is 3.90. The Bertz CT molecular complexity index is 556. The number of benzene rings is 1. The fraction of sp³-hybridized carbons (Fsp3) is 0.467. The molecule has 2 atom stereocenters. The van der Waals surface area contributed by atoms with Gasteiger partial charge in [-0.2, -0.15) is 0 Å². The number of hydrogen-bond donors (Lipinski definition) is 1. The zero-order chi connectivity index (χ0) is 15.0. The van der Waals surface area contributed by atoms with Crippen LogP contribution in [-0.4, -0.2) is 27.9 Å². The molecule has 20 heavy (non-hydrogen) atoms. The number of carboxylic acid groups (broad SMARTS) is 1. The van der Waals surface area contributed by atoms with E-state index in [4.69, 9.17) is 0 Å². The van der Waals surface area contributed by atoms with Gasteiger partial charge in [0.25, 0.3) is 0 Å². The number of carbonyl (C=O) groups is 2. The van der Waals surface area contributed by atoms with Crippen LogP contribution in [0.25, 0.3) is 0 Å². The highest BCUT2D eigenvalue weighted by atomic mass is 19.1. The Hall–Kier alpha value is -1.91. The Kier molecular flexibility index (Phi) is 3.79. The first kappa shape index (κ1) is 14.5. The van der Waals surface area contributed by atoms with Crippen molar-refractivity contribution in [3.8, 4) is 0 Å². The van der Waals surface area contributed by atoms with E-state index >= 15 is 0 Å². The van der Waals surface area contributed by atoms with Crippen molar-refractivity contribution >= 4 is 11.9 Å². The van der Waals surface area contributed by atoms with Crippen LogP contribution in [0.15, 0.2) is 18.2 Å². The predicted molar refractivity (Wildman–Crippen MR) is 71.6 cm³/mol. The molecule has 1 fully saturated rings. The van der Waals surface area contributed by atoms with E-state index in [1.165, 1.54) is 6.07 Å². The second-order valence-corrected chi connectivity index (χ2v) is 5.50. The highest BCUT2D eigenvalue weighted by Crippen LogP contribution is 2.40. The fourth-order valence-electron chi connectivity index (χ4n) is 2.83. The molecule has 1 heterocycles. The van der Waals surface area contributed by atoms with Gasteiger partial charge in [0.2, 0.25) is 5.91 Å². The van der Waals surface area contributed by atoms with Crippen molar-refractivity contribution in [3.63, 3.8) is 0 Å². The number of carbonyl (C=O) groups excluding carboxylic acids is 1. The Morgan fingerprint density at radius 1 is 1.45 bits per heavy atom. The van der Waals surface area contributed by atoms with Crippen molar-refractivity contribution < 1.29 is 19.1 Å². The largest absolute Gasteiger partial charge is 0.481 e. The van der Waals surface area contributed by atoms with Crippen molar-refractivity contribution in [2.75, 3.05) is 0 Å². The van der Waals surface area contributed by atoms with Crippen LogP contribution in [0.2, 0.25) is 0 Å². The Morgan fingerprint density at radius 2 is 2.10 bits per heavy atom. The highest BCUT2D eigenvalue weighted by molar-refractivity contribution is 5.87. The van der Waals surface area contributed by atoms with Gasteiger partial charge in [0, 0.05) is 12.5 Å². The SMILES string of the molecule is Cc1cc(C2C(C(=O)O)CC(=O)N2C(C)C)ccc1F. The molecule has 1 aliphatic heterocycles. The van der Waals surface area contributed by atoms with E-state index in [1.54, 1.807) is 24.0 Å². The molecule has 1 amide bonds. The second-order valence-electron chi connectivity index (χ2n) is 5.50. The van der Waals surface area contributed by atoms with Gasteiger partial charge in [-0.05, 0) is 38.0 Å². The number of aryl methyl sites for hydroxylation is 1. The molecule has 1 saturated heterocycles. The Morgan fingerprint density at radius 3 is 2.60 bits per heavy atom. The van der Waals surface area contributed by atoms with E-state index in [0.29, 0.717) is 11.1 Å². The van der Waals surface area contributed by atoms with Gasteiger partial charge in [-0.3, -0.25) is 9.59 Å². The first-order valence-corrected chi connectivity index (χ1v) is 6.63. The number of carboxylic acids is 1. The molecule has 1 N–H and O–H groups in total. The van der Waals surface area contributed by atoms with Gasteiger partial charge in [-0.1, -0.05) is 12.1 Å². The molecule has 0 aliphatic carbocycles. The quantitative estimate of drug-likeness (QED) is 0.925.